The summed E-state index contributed by atoms with van der Waals surface area (Å²) in [5, 5.41) is 12.2. The first kappa shape index (κ1) is 18.0. The second kappa shape index (κ2) is 8.52. The summed E-state index contributed by atoms with van der Waals surface area (Å²) in [7, 11) is 0. The van der Waals surface area contributed by atoms with E-state index < -0.39 is 11.9 Å². The van der Waals surface area contributed by atoms with Crippen LogP contribution in [0.5, 0.6) is 0 Å². The minimum absolute atomic E-state index is 0.104. The van der Waals surface area contributed by atoms with Gasteiger partial charge in [-0.2, -0.15) is 0 Å². The van der Waals surface area contributed by atoms with Crippen molar-refractivity contribution in [3.63, 3.8) is 0 Å². The van der Waals surface area contributed by atoms with E-state index in [2.05, 4.69) is 17.4 Å². The molecule has 2 aromatic carbocycles. The number of amides is 2. The maximum atomic E-state index is 12.6. The van der Waals surface area contributed by atoms with Crippen molar-refractivity contribution in [2.45, 2.75) is 25.3 Å². The molecule has 5 heteroatoms. The largest absolute Gasteiger partial charge is 0.481 e. The average Bonchev–Trinajstić information content (AvgIpc) is 3.17. The van der Waals surface area contributed by atoms with Crippen LogP contribution in [0.4, 0.5) is 4.79 Å². The Kier molecular flexibility index (Phi) is 5.89. The predicted molar refractivity (Wildman–Crippen MR) is 99.8 cm³/mol. The molecule has 2 unspecified atom stereocenters. The number of urea groups is 1. The number of likely N-dealkylation sites (tertiary alicyclic amines) is 1. The fourth-order valence-electron chi connectivity index (χ4n) is 3.35. The molecule has 0 bridgehead atoms. The minimum atomic E-state index is -0.830. The number of hydrogen-bond donors (Lipinski definition) is 2. The first-order chi connectivity index (χ1) is 12.6. The predicted octanol–water partition coefficient (Wildman–Crippen LogP) is 3.48. The van der Waals surface area contributed by atoms with Crippen molar-refractivity contribution >= 4 is 12.0 Å². The zero-order chi connectivity index (χ0) is 18.4. The van der Waals surface area contributed by atoms with Crippen LogP contribution >= 0.6 is 0 Å². The summed E-state index contributed by atoms with van der Waals surface area (Å²) in [4.78, 5) is 25.4. The SMILES string of the molecule is O=C(O)C1CCN(C(=O)NC(CCc2ccccc2)c2ccccc2)C1. The van der Waals surface area contributed by atoms with E-state index in [0.29, 0.717) is 13.0 Å². The number of nitrogens with one attached hydrogen (secondary N) is 1. The molecular formula is C21H24N2O3. The molecule has 2 aromatic rings. The Morgan fingerprint density at radius 2 is 1.73 bits per heavy atom. The number of carboxylic acid groups (broad SMARTS) is 1. The number of nitrogens with zero attached hydrogens (tertiary/aromatic N) is 1. The smallest absolute Gasteiger partial charge is 0.317 e. The number of carboxylic acids is 1. The van der Waals surface area contributed by atoms with E-state index in [1.165, 1.54) is 5.56 Å². The third kappa shape index (κ3) is 4.63. The molecule has 26 heavy (non-hydrogen) atoms. The van der Waals surface area contributed by atoms with Gasteiger partial charge in [0.2, 0.25) is 0 Å². The number of benzene rings is 2. The fourth-order valence-corrected chi connectivity index (χ4v) is 3.35. The van der Waals surface area contributed by atoms with E-state index in [1.54, 1.807) is 4.90 Å². The van der Waals surface area contributed by atoms with Crippen LogP contribution < -0.4 is 5.32 Å². The lowest BCUT2D eigenvalue weighted by molar-refractivity contribution is -0.141. The molecule has 2 atom stereocenters. The lowest BCUT2D eigenvalue weighted by Gasteiger charge is -2.24. The summed E-state index contributed by atoms with van der Waals surface area (Å²) >= 11 is 0. The van der Waals surface area contributed by atoms with Crippen LogP contribution in [-0.4, -0.2) is 35.1 Å². The van der Waals surface area contributed by atoms with Crippen LogP contribution in [0.2, 0.25) is 0 Å². The van der Waals surface area contributed by atoms with Crippen LogP contribution in [0.3, 0.4) is 0 Å². The molecule has 1 aliphatic heterocycles. The van der Waals surface area contributed by atoms with Crippen LogP contribution in [0.15, 0.2) is 60.7 Å². The highest BCUT2D eigenvalue weighted by Crippen LogP contribution is 2.22. The maximum absolute atomic E-state index is 12.6. The van der Waals surface area contributed by atoms with E-state index in [-0.39, 0.29) is 18.6 Å². The molecule has 0 aromatic heterocycles. The van der Waals surface area contributed by atoms with Crippen molar-refractivity contribution in [1.29, 1.82) is 0 Å². The van der Waals surface area contributed by atoms with Gasteiger partial charge in [-0.3, -0.25) is 4.79 Å². The van der Waals surface area contributed by atoms with Crippen molar-refractivity contribution < 1.29 is 14.7 Å². The summed E-state index contributed by atoms with van der Waals surface area (Å²) in [5.74, 6) is -1.29. The lowest BCUT2D eigenvalue weighted by atomic mass is 9.99. The van der Waals surface area contributed by atoms with Gasteiger partial charge >= 0.3 is 12.0 Å². The highest BCUT2D eigenvalue weighted by Gasteiger charge is 2.31. The molecule has 136 valence electrons. The average molecular weight is 352 g/mol. The van der Waals surface area contributed by atoms with Crippen molar-refractivity contribution in [2.75, 3.05) is 13.1 Å². The second-order valence-corrected chi connectivity index (χ2v) is 6.71. The highest BCUT2D eigenvalue weighted by molar-refractivity contribution is 5.77. The number of hydrogen-bond acceptors (Lipinski definition) is 2. The molecule has 2 N–H and O–H groups in total. The van der Waals surface area contributed by atoms with Gasteiger partial charge in [-0.15, -0.1) is 0 Å². The van der Waals surface area contributed by atoms with E-state index in [1.807, 2.05) is 48.5 Å². The van der Waals surface area contributed by atoms with Gasteiger partial charge in [-0.05, 0) is 30.4 Å². The summed E-state index contributed by atoms with van der Waals surface area (Å²) in [6.07, 6.45) is 2.16. The highest BCUT2D eigenvalue weighted by atomic mass is 16.4. The van der Waals surface area contributed by atoms with Crippen molar-refractivity contribution in [2.24, 2.45) is 5.92 Å². The van der Waals surface area contributed by atoms with Gasteiger partial charge in [0.05, 0.1) is 12.0 Å². The van der Waals surface area contributed by atoms with E-state index in [4.69, 9.17) is 5.11 Å². The van der Waals surface area contributed by atoms with Gasteiger partial charge in [0.1, 0.15) is 0 Å². The summed E-state index contributed by atoms with van der Waals surface area (Å²) in [5.41, 5.74) is 2.29. The molecule has 5 nitrogen and oxygen atoms in total. The number of aryl methyl sites for hydroxylation is 1. The number of rotatable bonds is 6. The molecular weight excluding hydrogens is 328 g/mol. The maximum Gasteiger partial charge on any atom is 0.317 e. The quantitative estimate of drug-likeness (QED) is 0.836. The molecule has 0 radical (unpaired) electrons. The molecule has 1 fully saturated rings. The number of carbonyl (C=O) groups is 2. The van der Waals surface area contributed by atoms with E-state index in [9.17, 15) is 9.59 Å². The van der Waals surface area contributed by atoms with Gasteiger partial charge < -0.3 is 15.3 Å². The Labute approximate surface area is 153 Å². The van der Waals surface area contributed by atoms with Gasteiger partial charge in [-0.25, -0.2) is 4.79 Å². The molecule has 1 saturated heterocycles. The number of carbonyl (C=O) groups excluding carboxylic acids is 1. The van der Waals surface area contributed by atoms with Gasteiger partial charge in [0.15, 0.2) is 0 Å². The monoisotopic (exact) mass is 352 g/mol. The molecule has 0 saturated carbocycles. The van der Waals surface area contributed by atoms with Crippen molar-refractivity contribution in [3.8, 4) is 0 Å². The molecule has 1 heterocycles. The third-order valence-electron chi connectivity index (χ3n) is 4.89. The lowest BCUT2D eigenvalue weighted by Crippen LogP contribution is -2.41. The molecule has 0 aliphatic carbocycles. The number of aliphatic carboxylic acids is 1. The van der Waals surface area contributed by atoms with Crippen molar-refractivity contribution in [3.05, 3.63) is 71.8 Å². The van der Waals surface area contributed by atoms with E-state index >= 15 is 0 Å². The Balaban J connectivity index is 1.66. The molecule has 2 amide bonds. The van der Waals surface area contributed by atoms with Crippen LogP contribution in [-0.2, 0) is 11.2 Å². The van der Waals surface area contributed by atoms with Crippen LogP contribution in [0.1, 0.15) is 30.0 Å². The second-order valence-electron chi connectivity index (χ2n) is 6.71. The van der Waals surface area contributed by atoms with Gasteiger partial charge in [0.25, 0.3) is 0 Å². The standard InChI is InChI=1S/C21H24N2O3/c24-20(25)18-13-14-23(15-18)21(26)22-19(17-9-5-2-6-10-17)12-11-16-7-3-1-4-8-16/h1-10,18-19H,11-15H2,(H,22,26)(H,24,25). The Morgan fingerprint density at radius 3 is 2.35 bits per heavy atom. The van der Waals surface area contributed by atoms with Crippen LogP contribution in [0, 0.1) is 5.92 Å². The van der Waals surface area contributed by atoms with Gasteiger partial charge in [0, 0.05) is 13.1 Å². The normalized spacial score (nSPS) is 17.7. The minimum Gasteiger partial charge on any atom is -0.481 e. The first-order valence-electron chi connectivity index (χ1n) is 9.00. The zero-order valence-electron chi connectivity index (χ0n) is 14.7. The molecule has 3 rings (SSSR count). The topological polar surface area (TPSA) is 69.6 Å². The molecule has 0 spiro atoms. The summed E-state index contributed by atoms with van der Waals surface area (Å²) < 4.78 is 0. The summed E-state index contributed by atoms with van der Waals surface area (Å²) in [6, 6.07) is 19.8. The summed E-state index contributed by atoms with van der Waals surface area (Å²) in [6.45, 7) is 0.768. The van der Waals surface area contributed by atoms with E-state index in [0.717, 1.165) is 18.4 Å². The Bertz CT molecular complexity index is 733. The molecule has 1 aliphatic rings. The Morgan fingerprint density at radius 1 is 1.08 bits per heavy atom. The van der Waals surface area contributed by atoms with Crippen molar-refractivity contribution in [1.82, 2.24) is 10.2 Å². The first-order valence-corrected chi connectivity index (χ1v) is 9.00. The Hall–Kier alpha value is -2.82. The fraction of sp³-hybridized carbons (Fsp3) is 0.333. The van der Waals surface area contributed by atoms with Gasteiger partial charge in [-0.1, -0.05) is 60.7 Å². The van der Waals surface area contributed by atoms with Crippen LogP contribution in [0.25, 0.3) is 0 Å². The zero-order valence-corrected chi connectivity index (χ0v) is 14.7. The third-order valence-corrected chi connectivity index (χ3v) is 4.89.